The highest BCUT2D eigenvalue weighted by Gasteiger charge is 2.22. The minimum Gasteiger partial charge on any atom is -0.389 e. The van der Waals surface area contributed by atoms with E-state index in [9.17, 15) is 0 Å². The quantitative estimate of drug-likeness (QED) is 0.821. The summed E-state index contributed by atoms with van der Waals surface area (Å²) in [6.07, 6.45) is 4.24. The predicted molar refractivity (Wildman–Crippen MR) is 72.4 cm³/mol. The van der Waals surface area contributed by atoms with Gasteiger partial charge in [-0.05, 0) is 25.0 Å². The molecule has 0 aromatic carbocycles. The SMILES string of the molecule is COC1CCCN(c2ncccc2C(N)=S)C1. The maximum Gasteiger partial charge on any atom is 0.138 e. The first-order valence-corrected chi connectivity index (χ1v) is 6.15. The fourth-order valence-electron chi connectivity index (χ4n) is 2.16. The molecule has 4 nitrogen and oxygen atoms in total. The number of hydrogen-bond donors (Lipinski definition) is 1. The Kier molecular flexibility index (Phi) is 3.91. The van der Waals surface area contributed by atoms with E-state index in [0.717, 1.165) is 37.3 Å². The molecule has 0 radical (unpaired) electrons. The van der Waals surface area contributed by atoms with Crippen LogP contribution in [0.5, 0.6) is 0 Å². The number of nitrogens with two attached hydrogens (primary N) is 1. The van der Waals surface area contributed by atoms with E-state index in [4.69, 9.17) is 22.7 Å². The van der Waals surface area contributed by atoms with Crippen LogP contribution in [0.1, 0.15) is 18.4 Å². The van der Waals surface area contributed by atoms with Gasteiger partial charge < -0.3 is 15.4 Å². The predicted octanol–water partition coefficient (Wildman–Crippen LogP) is 1.33. The van der Waals surface area contributed by atoms with Crippen molar-refractivity contribution in [2.75, 3.05) is 25.1 Å². The number of pyridine rings is 1. The van der Waals surface area contributed by atoms with Gasteiger partial charge >= 0.3 is 0 Å². The van der Waals surface area contributed by atoms with Crippen LogP contribution in [0.25, 0.3) is 0 Å². The van der Waals surface area contributed by atoms with E-state index >= 15 is 0 Å². The second-order valence-corrected chi connectivity index (χ2v) is 4.62. The highest BCUT2D eigenvalue weighted by molar-refractivity contribution is 7.80. The summed E-state index contributed by atoms with van der Waals surface area (Å²) in [6.45, 7) is 1.83. The van der Waals surface area contributed by atoms with Crippen LogP contribution < -0.4 is 10.6 Å². The van der Waals surface area contributed by atoms with Gasteiger partial charge in [-0.15, -0.1) is 0 Å². The molecule has 1 fully saturated rings. The Hall–Kier alpha value is -1.20. The van der Waals surface area contributed by atoms with Gasteiger partial charge in [0, 0.05) is 26.4 Å². The van der Waals surface area contributed by atoms with Crippen LogP contribution >= 0.6 is 12.2 Å². The van der Waals surface area contributed by atoms with Crippen LogP contribution in [-0.2, 0) is 4.74 Å². The van der Waals surface area contributed by atoms with E-state index in [1.54, 1.807) is 13.3 Å². The molecule has 1 aromatic heterocycles. The third-order valence-electron chi connectivity index (χ3n) is 3.06. The molecule has 5 heteroatoms. The molecule has 2 N–H and O–H groups in total. The number of ether oxygens (including phenoxy) is 1. The minimum absolute atomic E-state index is 0.268. The van der Waals surface area contributed by atoms with Crippen LogP contribution in [0, 0.1) is 0 Å². The summed E-state index contributed by atoms with van der Waals surface area (Å²) in [5, 5.41) is 0. The zero-order valence-corrected chi connectivity index (χ0v) is 10.7. The molecular formula is C12H17N3OS. The number of anilines is 1. The maximum atomic E-state index is 5.72. The lowest BCUT2D eigenvalue weighted by molar-refractivity contribution is 0.0891. The normalized spacial score (nSPS) is 20.3. The summed E-state index contributed by atoms with van der Waals surface area (Å²) in [5.41, 5.74) is 6.57. The van der Waals surface area contributed by atoms with Crippen LogP contribution in [0.2, 0.25) is 0 Å². The van der Waals surface area contributed by atoms with Crippen LogP contribution in [0.4, 0.5) is 5.82 Å². The summed E-state index contributed by atoms with van der Waals surface area (Å²) in [7, 11) is 1.75. The van der Waals surface area contributed by atoms with Gasteiger partial charge in [0.05, 0.1) is 11.7 Å². The molecule has 1 aliphatic rings. The Morgan fingerprint density at radius 3 is 3.18 bits per heavy atom. The molecule has 0 spiro atoms. The Morgan fingerprint density at radius 2 is 2.47 bits per heavy atom. The molecule has 17 heavy (non-hydrogen) atoms. The van der Waals surface area contributed by atoms with Crippen molar-refractivity contribution in [2.24, 2.45) is 5.73 Å². The average molecular weight is 251 g/mol. The number of methoxy groups -OCH3 is 1. The number of rotatable bonds is 3. The monoisotopic (exact) mass is 251 g/mol. The standard InChI is InChI=1S/C12H17N3OS/c1-16-9-4-3-7-15(8-9)12-10(11(13)17)5-2-6-14-12/h2,5-6,9H,3-4,7-8H2,1H3,(H2,13,17). The van der Waals surface area contributed by atoms with E-state index in [2.05, 4.69) is 9.88 Å². The van der Waals surface area contributed by atoms with Gasteiger partial charge in [0.2, 0.25) is 0 Å². The molecule has 1 saturated heterocycles. The fourth-order valence-corrected chi connectivity index (χ4v) is 2.32. The number of hydrogen-bond acceptors (Lipinski definition) is 4. The molecule has 2 heterocycles. The molecule has 0 amide bonds. The highest BCUT2D eigenvalue weighted by atomic mass is 32.1. The average Bonchev–Trinajstić information content (AvgIpc) is 2.39. The van der Waals surface area contributed by atoms with E-state index < -0.39 is 0 Å². The van der Waals surface area contributed by atoms with Crippen molar-refractivity contribution in [3.8, 4) is 0 Å². The van der Waals surface area contributed by atoms with Gasteiger partial charge in [0.15, 0.2) is 0 Å². The molecule has 1 aliphatic heterocycles. The molecule has 1 unspecified atom stereocenters. The summed E-state index contributed by atoms with van der Waals surface area (Å²) < 4.78 is 5.41. The van der Waals surface area contributed by atoms with Gasteiger partial charge in [-0.2, -0.15) is 0 Å². The van der Waals surface area contributed by atoms with Crippen molar-refractivity contribution in [3.63, 3.8) is 0 Å². The van der Waals surface area contributed by atoms with Crippen LogP contribution in [-0.4, -0.2) is 36.3 Å². The first-order valence-electron chi connectivity index (χ1n) is 5.75. The Bertz CT molecular complexity index is 410. The first-order chi connectivity index (χ1) is 8.22. The molecule has 0 aliphatic carbocycles. The van der Waals surface area contributed by atoms with E-state index in [0.29, 0.717) is 4.99 Å². The molecular weight excluding hydrogens is 234 g/mol. The molecule has 1 atom stereocenters. The van der Waals surface area contributed by atoms with Crippen molar-refractivity contribution in [1.29, 1.82) is 0 Å². The summed E-state index contributed by atoms with van der Waals surface area (Å²) in [4.78, 5) is 6.99. The van der Waals surface area contributed by atoms with E-state index in [-0.39, 0.29) is 6.10 Å². The van der Waals surface area contributed by atoms with Gasteiger partial charge in [0.25, 0.3) is 0 Å². The summed E-state index contributed by atoms with van der Waals surface area (Å²) in [6, 6.07) is 3.77. The van der Waals surface area contributed by atoms with Gasteiger partial charge in [-0.25, -0.2) is 4.98 Å². The van der Waals surface area contributed by atoms with Crippen molar-refractivity contribution >= 4 is 23.0 Å². The maximum absolute atomic E-state index is 5.72. The largest absolute Gasteiger partial charge is 0.389 e. The second kappa shape index (κ2) is 5.42. The Balaban J connectivity index is 2.24. The van der Waals surface area contributed by atoms with Crippen molar-refractivity contribution in [2.45, 2.75) is 18.9 Å². The lowest BCUT2D eigenvalue weighted by Gasteiger charge is -2.33. The van der Waals surface area contributed by atoms with E-state index in [1.165, 1.54) is 0 Å². The Morgan fingerprint density at radius 1 is 1.65 bits per heavy atom. The topological polar surface area (TPSA) is 51.4 Å². The van der Waals surface area contributed by atoms with Gasteiger partial charge in [0.1, 0.15) is 10.8 Å². The van der Waals surface area contributed by atoms with Crippen LogP contribution in [0.15, 0.2) is 18.3 Å². The summed E-state index contributed by atoms with van der Waals surface area (Å²) in [5.74, 6) is 0.877. The highest BCUT2D eigenvalue weighted by Crippen LogP contribution is 2.22. The molecule has 1 aromatic rings. The zero-order chi connectivity index (χ0) is 12.3. The zero-order valence-electron chi connectivity index (χ0n) is 9.93. The number of piperidine rings is 1. The third kappa shape index (κ3) is 2.73. The third-order valence-corrected chi connectivity index (χ3v) is 3.28. The molecule has 92 valence electrons. The smallest absolute Gasteiger partial charge is 0.138 e. The second-order valence-electron chi connectivity index (χ2n) is 4.18. The number of nitrogens with zero attached hydrogens (tertiary/aromatic N) is 2. The fraction of sp³-hybridized carbons (Fsp3) is 0.500. The number of aromatic nitrogens is 1. The van der Waals surface area contributed by atoms with Gasteiger partial charge in [-0.3, -0.25) is 0 Å². The lowest BCUT2D eigenvalue weighted by Crippen LogP contribution is -2.40. The summed E-state index contributed by atoms with van der Waals surface area (Å²) >= 11 is 5.06. The molecule has 2 rings (SSSR count). The van der Waals surface area contributed by atoms with Crippen LogP contribution in [0.3, 0.4) is 0 Å². The number of thiocarbonyl (C=S) groups is 1. The molecule has 0 bridgehead atoms. The Labute approximate surface area is 107 Å². The van der Waals surface area contributed by atoms with Crippen molar-refractivity contribution < 1.29 is 4.74 Å². The minimum atomic E-state index is 0.268. The van der Waals surface area contributed by atoms with Crippen molar-refractivity contribution in [3.05, 3.63) is 23.9 Å². The molecule has 0 saturated carbocycles. The first kappa shape index (κ1) is 12.3. The van der Waals surface area contributed by atoms with E-state index in [1.807, 2.05) is 12.1 Å². The lowest BCUT2D eigenvalue weighted by atomic mass is 10.1. The van der Waals surface area contributed by atoms with Crippen molar-refractivity contribution in [1.82, 2.24) is 4.98 Å². The van der Waals surface area contributed by atoms with Gasteiger partial charge in [-0.1, -0.05) is 12.2 Å².